The third-order valence-electron chi connectivity index (χ3n) is 4.61. The van der Waals surface area contributed by atoms with Crippen LogP contribution >= 0.6 is 11.8 Å². The number of aliphatic hydroxyl groups is 1. The molecule has 1 aromatic heterocycles. The molecule has 2 aromatic rings. The van der Waals surface area contributed by atoms with Crippen LogP contribution in [-0.2, 0) is 23.1 Å². The number of thioether (sulfide) groups is 1. The minimum absolute atomic E-state index is 0.00443. The van der Waals surface area contributed by atoms with Crippen LogP contribution in [0.15, 0.2) is 53.6 Å². The third kappa shape index (κ3) is 5.36. The number of aromatic nitrogens is 1. The van der Waals surface area contributed by atoms with Crippen molar-refractivity contribution >= 4 is 34.9 Å². The van der Waals surface area contributed by atoms with E-state index in [0.29, 0.717) is 11.3 Å². The number of hydrogen-bond donors (Lipinski definition) is 2. The minimum Gasteiger partial charge on any atom is -0.394 e. The molecule has 1 fully saturated rings. The van der Waals surface area contributed by atoms with Gasteiger partial charge in [0.15, 0.2) is 0 Å². The van der Waals surface area contributed by atoms with Gasteiger partial charge in [0.1, 0.15) is 0 Å². The molecule has 1 atom stereocenters. The highest BCUT2D eigenvalue weighted by Gasteiger charge is 2.35. The molecule has 1 unspecified atom stereocenters. The first-order valence-corrected chi connectivity index (χ1v) is 10.1. The summed E-state index contributed by atoms with van der Waals surface area (Å²) in [4.78, 5) is 38.4. The Kier molecular flexibility index (Phi) is 6.90. The van der Waals surface area contributed by atoms with Gasteiger partial charge in [0.2, 0.25) is 5.91 Å². The van der Waals surface area contributed by atoms with E-state index in [1.165, 1.54) is 0 Å². The van der Waals surface area contributed by atoms with Gasteiger partial charge in [-0.05, 0) is 42.0 Å². The van der Waals surface area contributed by atoms with Crippen molar-refractivity contribution in [2.24, 2.45) is 7.05 Å². The lowest BCUT2D eigenvalue weighted by Gasteiger charge is -2.18. The van der Waals surface area contributed by atoms with Gasteiger partial charge < -0.3 is 15.0 Å². The van der Waals surface area contributed by atoms with Crippen molar-refractivity contribution in [1.82, 2.24) is 14.8 Å². The van der Waals surface area contributed by atoms with Crippen molar-refractivity contribution in [3.05, 3.63) is 64.8 Å². The van der Waals surface area contributed by atoms with Crippen LogP contribution in [0.1, 0.15) is 17.7 Å². The SMILES string of the molecule is Cn1cccc1C=C1SC(=O)N(CCC(=O)NC(CO)Cc2ccccc2)C1=O. The fourth-order valence-corrected chi connectivity index (χ4v) is 3.87. The Morgan fingerprint density at radius 3 is 2.62 bits per heavy atom. The molecule has 2 N–H and O–H groups in total. The Bertz CT molecular complexity index is 923. The highest BCUT2D eigenvalue weighted by Crippen LogP contribution is 2.32. The van der Waals surface area contributed by atoms with Gasteiger partial charge in [0.05, 0.1) is 17.6 Å². The first-order chi connectivity index (χ1) is 14.0. The Hall–Kier alpha value is -2.84. The van der Waals surface area contributed by atoms with Gasteiger partial charge in [-0.2, -0.15) is 0 Å². The summed E-state index contributed by atoms with van der Waals surface area (Å²) in [5.74, 6) is -0.706. The zero-order valence-corrected chi connectivity index (χ0v) is 16.9. The number of carbonyl (C=O) groups is 3. The van der Waals surface area contributed by atoms with Crippen LogP contribution in [0.5, 0.6) is 0 Å². The molecule has 1 aliphatic heterocycles. The number of carbonyl (C=O) groups excluding carboxylic acids is 3. The summed E-state index contributed by atoms with van der Waals surface area (Å²) in [5, 5.41) is 11.9. The summed E-state index contributed by atoms with van der Waals surface area (Å²) in [6.07, 6.45) is 4.02. The zero-order chi connectivity index (χ0) is 20.8. The van der Waals surface area contributed by atoms with E-state index >= 15 is 0 Å². The monoisotopic (exact) mass is 413 g/mol. The quantitative estimate of drug-likeness (QED) is 0.647. The van der Waals surface area contributed by atoms with Crippen molar-refractivity contribution in [2.45, 2.75) is 18.9 Å². The molecule has 3 amide bonds. The van der Waals surface area contributed by atoms with E-state index in [2.05, 4.69) is 5.32 Å². The normalized spacial score (nSPS) is 16.5. The molecule has 0 bridgehead atoms. The highest BCUT2D eigenvalue weighted by atomic mass is 32.2. The predicted molar refractivity (Wildman–Crippen MR) is 112 cm³/mol. The maximum Gasteiger partial charge on any atom is 0.293 e. The lowest BCUT2D eigenvalue weighted by Crippen LogP contribution is -2.41. The van der Waals surface area contributed by atoms with Gasteiger partial charge in [-0.1, -0.05) is 30.3 Å². The Balaban J connectivity index is 1.54. The van der Waals surface area contributed by atoms with Gasteiger partial charge in [0.25, 0.3) is 11.1 Å². The smallest absolute Gasteiger partial charge is 0.293 e. The molecule has 8 heteroatoms. The van der Waals surface area contributed by atoms with Crippen molar-refractivity contribution in [3.63, 3.8) is 0 Å². The molecule has 0 aliphatic carbocycles. The summed E-state index contributed by atoms with van der Waals surface area (Å²) in [6.45, 7) is -0.188. The van der Waals surface area contributed by atoms with Crippen molar-refractivity contribution in [2.75, 3.05) is 13.2 Å². The molecule has 0 spiro atoms. The van der Waals surface area contributed by atoms with Crippen LogP contribution in [0.3, 0.4) is 0 Å². The number of nitrogens with one attached hydrogen (secondary N) is 1. The summed E-state index contributed by atoms with van der Waals surface area (Å²) >= 11 is 0.874. The van der Waals surface area contributed by atoms with E-state index in [4.69, 9.17) is 0 Å². The largest absolute Gasteiger partial charge is 0.394 e. The highest BCUT2D eigenvalue weighted by molar-refractivity contribution is 8.18. The molecule has 152 valence electrons. The fraction of sp³-hybridized carbons (Fsp3) is 0.286. The van der Waals surface area contributed by atoms with E-state index in [-0.39, 0.29) is 30.7 Å². The molecule has 3 rings (SSSR count). The number of nitrogens with zero attached hydrogens (tertiary/aromatic N) is 2. The second kappa shape index (κ2) is 9.58. The molecule has 1 aliphatic rings. The zero-order valence-electron chi connectivity index (χ0n) is 16.1. The molecule has 29 heavy (non-hydrogen) atoms. The van der Waals surface area contributed by atoms with E-state index < -0.39 is 11.9 Å². The standard InChI is InChI=1S/C21H23N3O4S/c1-23-10-5-8-17(23)13-18-20(27)24(21(28)29-18)11-9-19(26)22-16(14-25)12-15-6-3-2-4-7-15/h2-8,10,13,16,25H,9,11-12,14H2,1H3,(H,22,26). The van der Waals surface area contributed by atoms with E-state index in [9.17, 15) is 19.5 Å². The topological polar surface area (TPSA) is 91.6 Å². The van der Waals surface area contributed by atoms with Crippen LogP contribution in [0.25, 0.3) is 6.08 Å². The van der Waals surface area contributed by atoms with E-state index in [1.807, 2.05) is 60.3 Å². The van der Waals surface area contributed by atoms with Gasteiger partial charge in [0, 0.05) is 31.9 Å². The third-order valence-corrected chi connectivity index (χ3v) is 5.52. The van der Waals surface area contributed by atoms with Gasteiger partial charge >= 0.3 is 0 Å². The molecule has 2 heterocycles. The molecule has 1 aromatic carbocycles. The van der Waals surface area contributed by atoms with Gasteiger partial charge in [-0.15, -0.1) is 0 Å². The molecular weight excluding hydrogens is 390 g/mol. The lowest BCUT2D eigenvalue weighted by atomic mass is 10.1. The van der Waals surface area contributed by atoms with Crippen LogP contribution in [0, 0.1) is 0 Å². The second-order valence-corrected chi connectivity index (χ2v) is 7.76. The van der Waals surface area contributed by atoms with Crippen molar-refractivity contribution < 1.29 is 19.5 Å². The number of rotatable bonds is 8. The Morgan fingerprint density at radius 2 is 1.97 bits per heavy atom. The Labute approximate surface area is 173 Å². The molecular formula is C21H23N3O4S. The number of hydrogen-bond acceptors (Lipinski definition) is 5. The van der Waals surface area contributed by atoms with Crippen molar-refractivity contribution in [3.8, 4) is 0 Å². The fourth-order valence-electron chi connectivity index (χ4n) is 3.02. The summed E-state index contributed by atoms with van der Waals surface area (Å²) in [6, 6.07) is 12.8. The number of aliphatic hydroxyl groups excluding tert-OH is 1. The Morgan fingerprint density at radius 1 is 1.21 bits per heavy atom. The van der Waals surface area contributed by atoms with Gasteiger partial charge in [-0.25, -0.2) is 0 Å². The summed E-state index contributed by atoms with van der Waals surface area (Å²) in [7, 11) is 1.85. The average molecular weight is 413 g/mol. The average Bonchev–Trinajstić information content (AvgIpc) is 3.23. The lowest BCUT2D eigenvalue weighted by molar-refractivity contribution is -0.124. The van der Waals surface area contributed by atoms with E-state index in [1.54, 1.807) is 6.08 Å². The maximum absolute atomic E-state index is 12.5. The number of benzene rings is 1. The van der Waals surface area contributed by atoms with Crippen LogP contribution in [0.4, 0.5) is 4.79 Å². The number of aryl methyl sites for hydroxylation is 1. The second-order valence-electron chi connectivity index (χ2n) is 6.76. The van der Waals surface area contributed by atoms with Crippen LogP contribution < -0.4 is 5.32 Å². The van der Waals surface area contributed by atoms with Crippen molar-refractivity contribution in [1.29, 1.82) is 0 Å². The predicted octanol–water partition coefficient (Wildman–Crippen LogP) is 2.17. The van der Waals surface area contributed by atoms with Crippen LogP contribution in [0.2, 0.25) is 0 Å². The minimum atomic E-state index is -0.419. The molecule has 7 nitrogen and oxygen atoms in total. The van der Waals surface area contributed by atoms with Gasteiger partial charge in [-0.3, -0.25) is 19.3 Å². The molecule has 0 saturated carbocycles. The molecule has 1 saturated heterocycles. The first-order valence-electron chi connectivity index (χ1n) is 9.28. The van der Waals surface area contributed by atoms with E-state index in [0.717, 1.165) is 27.9 Å². The first kappa shape index (κ1) is 20.9. The molecule has 0 radical (unpaired) electrons. The summed E-state index contributed by atoms with van der Waals surface area (Å²) < 4.78 is 1.85. The maximum atomic E-state index is 12.5. The summed E-state index contributed by atoms with van der Waals surface area (Å²) in [5.41, 5.74) is 1.82. The number of imide groups is 1. The van der Waals surface area contributed by atoms with Crippen LogP contribution in [-0.4, -0.2) is 50.8 Å². The number of amides is 3.